The molecule has 3 nitrogen and oxygen atoms in total. The minimum Gasteiger partial charge on any atom is -0.370 e. The van der Waals surface area contributed by atoms with E-state index in [1.165, 1.54) is 38.0 Å². The molecule has 0 aliphatic carbocycles. The molecule has 2 saturated heterocycles. The molecule has 2 aliphatic heterocycles. The lowest BCUT2D eigenvalue weighted by molar-refractivity contribution is 0.273. The maximum atomic E-state index is 6.38. The number of rotatable bonds is 2. The van der Waals surface area contributed by atoms with Gasteiger partial charge in [0.2, 0.25) is 0 Å². The Labute approximate surface area is 126 Å². The van der Waals surface area contributed by atoms with Crippen molar-refractivity contribution in [2.45, 2.75) is 38.3 Å². The third-order valence-corrected chi connectivity index (χ3v) is 4.97. The second-order valence-corrected chi connectivity index (χ2v) is 6.53. The van der Waals surface area contributed by atoms with E-state index >= 15 is 0 Å². The van der Waals surface area contributed by atoms with E-state index in [0.717, 1.165) is 29.7 Å². The lowest BCUT2D eigenvalue weighted by Crippen LogP contribution is -2.36. The lowest BCUT2D eigenvalue weighted by Gasteiger charge is -2.28. The molecule has 0 amide bonds. The first-order valence-corrected chi connectivity index (χ1v) is 8.07. The zero-order valence-electron chi connectivity index (χ0n) is 12.2. The van der Waals surface area contributed by atoms with Gasteiger partial charge in [-0.15, -0.1) is 0 Å². The first kappa shape index (κ1) is 14.2. The van der Waals surface area contributed by atoms with Gasteiger partial charge in [-0.25, -0.2) is 0 Å². The Balaban J connectivity index is 1.79. The molecule has 2 N–H and O–H groups in total. The van der Waals surface area contributed by atoms with Crippen molar-refractivity contribution in [3.63, 3.8) is 0 Å². The van der Waals surface area contributed by atoms with Crippen molar-refractivity contribution < 1.29 is 0 Å². The van der Waals surface area contributed by atoms with E-state index in [2.05, 4.69) is 28.0 Å². The van der Waals surface area contributed by atoms with Crippen molar-refractivity contribution in [2.24, 2.45) is 5.73 Å². The summed E-state index contributed by atoms with van der Waals surface area (Å²) in [6.07, 6.45) is 3.92. The molecule has 0 aromatic heterocycles. The van der Waals surface area contributed by atoms with Gasteiger partial charge >= 0.3 is 0 Å². The highest BCUT2D eigenvalue weighted by Gasteiger charge is 2.28. The second kappa shape index (κ2) is 5.92. The van der Waals surface area contributed by atoms with Crippen LogP contribution in [0, 0.1) is 0 Å². The normalized spacial score (nSPS) is 25.4. The first-order chi connectivity index (χ1) is 9.65. The maximum absolute atomic E-state index is 6.38. The minimum absolute atomic E-state index is 0.00833. The molecular formula is C16H24ClN3. The number of benzene rings is 1. The summed E-state index contributed by atoms with van der Waals surface area (Å²) in [5.41, 5.74) is 8.21. The van der Waals surface area contributed by atoms with Crippen molar-refractivity contribution in [3.8, 4) is 0 Å². The van der Waals surface area contributed by atoms with E-state index in [1.807, 2.05) is 6.92 Å². The highest BCUT2D eigenvalue weighted by atomic mass is 35.5. The van der Waals surface area contributed by atoms with Crippen LogP contribution in [0.25, 0.3) is 0 Å². The SMILES string of the molecule is CC(N)c1ccc(N2CCCN3CCCC3C2)cc1Cl. The predicted molar refractivity (Wildman–Crippen MR) is 85.5 cm³/mol. The Bertz CT molecular complexity index is 475. The van der Waals surface area contributed by atoms with Crippen molar-refractivity contribution in [2.75, 3.05) is 31.1 Å². The highest BCUT2D eigenvalue weighted by Crippen LogP contribution is 2.29. The maximum Gasteiger partial charge on any atom is 0.0474 e. The molecular weight excluding hydrogens is 270 g/mol. The number of fused-ring (bicyclic) bond motifs is 1. The number of nitrogens with two attached hydrogens (primary N) is 1. The quantitative estimate of drug-likeness (QED) is 0.910. The van der Waals surface area contributed by atoms with Crippen LogP contribution < -0.4 is 10.6 Å². The van der Waals surface area contributed by atoms with E-state index in [4.69, 9.17) is 17.3 Å². The Hall–Kier alpha value is -0.770. The fourth-order valence-corrected chi connectivity index (χ4v) is 3.87. The second-order valence-electron chi connectivity index (χ2n) is 6.13. The van der Waals surface area contributed by atoms with Gasteiger partial charge in [0.25, 0.3) is 0 Å². The molecule has 110 valence electrons. The molecule has 0 saturated carbocycles. The summed E-state index contributed by atoms with van der Waals surface area (Å²) in [4.78, 5) is 5.14. The molecule has 2 unspecified atom stereocenters. The standard InChI is InChI=1S/C16H24ClN3/c1-12(18)15-6-5-13(10-16(15)17)20-9-3-8-19-7-2-4-14(19)11-20/h5-6,10,12,14H,2-4,7-9,11,18H2,1H3. The van der Waals surface area contributed by atoms with Crippen LogP contribution in [0.4, 0.5) is 5.69 Å². The average molecular weight is 294 g/mol. The van der Waals surface area contributed by atoms with E-state index in [0.29, 0.717) is 0 Å². The van der Waals surface area contributed by atoms with Crippen LogP contribution >= 0.6 is 11.6 Å². The molecule has 2 atom stereocenters. The molecule has 2 aliphatic rings. The third-order valence-electron chi connectivity index (χ3n) is 4.64. The molecule has 2 fully saturated rings. The van der Waals surface area contributed by atoms with Gasteiger partial charge in [-0.05, 0) is 50.4 Å². The van der Waals surface area contributed by atoms with E-state index in [9.17, 15) is 0 Å². The van der Waals surface area contributed by atoms with E-state index in [1.54, 1.807) is 0 Å². The molecule has 4 heteroatoms. The van der Waals surface area contributed by atoms with E-state index < -0.39 is 0 Å². The first-order valence-electron chi connectivity index (χ1n) is 7.69. The van der Waals surface area contributed by atoms with Crippen LogP contribution in [-0.4, -0.2) is 37.1 Å². The van der Waals surface area contributed by atoms with Gasteiger partial charge in [0, 0.05) is 42.4 Å². The van der Waals surface area contributed by atoms with Gasteiger partial charge in [-0.1, -0.05) is 17.7 Å². The topological polar surface area (TPSA) is 32.5 Å². The average Bonchev–Trinajstić information content (AvgIpc) is 2.75. The zero-order chi connectivity index (χ0) is 14.1. The van der Waals surface area contributed by atoms with Crippen LogP contribution in [0.1, 0.15) is 37.8 Å². The van der Waals surface area contributed by atoms with Crippen LogP contribution in [0.2, 0.25) is 5.02 Å². The highest BCUT2D eigenvalue weighted by molar-refractivity contribution is 6.31. The fraction of sp³-hybridized carbons (Fsp3) is 0.625. The van der Waals surface area contributed by atoms with Crippen LogP contribution in [0.5, 0.6) is 0 Å². The smallest absolute Gasteiger partial charge is 0.0474 e. The van der Waals surface area contributed by atoms with Crippen LogP contribution in [0.15, 0.2) is 18.2 Å². The summed E-state index contributed by atoms with van der Waals surface area (Å²) >= 11 is 6.38. The van der Waals surface area contributed by atoms with Crippen molar-refractivity contribution in [1.29, 1.82) is 0 Å². The Morgan fingerprint density at radius 1 is 1.25 bits per heavy atom. The number of halogens is 1. The molecule has 3 rings (SSSR count). The van der Waals surface area contributed by atoms with Gasteiger partial charge < -0.3 is 10.6 Å². The van der Waals surface area contributed by atoms with Crippen molar-refractivity contribution in [1.82, 2.24) is 4.90 Å². The zero-order valence-corrected chi connectivity index (χ0v) is 12.9. The Morgan fingerprint density at radius 2 is 2.05 bits per heavy atom. The molecule has 0 radical (unpaired) electrons. The summed E-state index contributed by atoms with van der Waals surface area (Å²) in [5, 5.41) is 0.796. The Kier molecular flexibility index (Phi) is 4.20. The van der Waals surface area contributed by atoms with Gasteiger partial charge in [-0.2, -0.15) is 0 Å². The number of anilines is 1. The van der Waals surface area contributed by atoms with Crippen molar-refractivity contribution >= 4 is 17.3 Å². The monoisotopic (exact) mass is 293 g/mol. The largest absolute Gasteiger partial charge is 0.370 e. The van der Waals surface area contributed by atoms with Gasteiger partial charge in [0.1, 0.15) is 0 Å². The predicted octanol–water partition coefficient (Wildman–Crippen LogP) is 3.03. The molecule has 0 bridgehead atoms. The third kappa shape index (κ3) is 2.80. The fourth-order valence-electron chi connectivity index (χ4n) is 3.52. The molecule has 2 heterocycles. The lowest BCUT2D eigenvalue weighted by atomic mass is 10.1. The summed E-state index contributed by atoms with van der Waals surface area (Å²) in [6, 6.07) is 7.06. The molecule has 20 heavy (non-hydrogen) atoms. The summed E-state index contributed by atoms with van der Waals surface area (Å²) in [7, 11) is 0. The van der Waals surface area contributed by atoms with Crippen LogP contribution in [0.3, 0.4) is 0 Å². The number of nitrogens with zero attached hydrogens (tertiary/aromatic N) is 2. The van der Waals surface area contributed by atoms with Gasteiger partial charge in [0.05, 0.1) is 0 Å². The minimum atomic E-state index is -0.00833. The van der Waals surface area contributed by atoms with E-state index in [-0.39, 0.29) is 6.04 Å². The van der Waals surface area contributed by atoms with Crippen LogP contribution in [-0.2, 0) is 0 Å². The number of hydrogen-bond donors (Lipinski definition) is 1. The Morgan fingerprint density at radius 3 is 2.80 bits per heavy atom. The summed E-state index contributed by atoms with van der Waals surface area (Å²) in [5.74, 6) is 0. The molecule has 0 spiro atoms. The van der Waals surface area contributed by atoms with Gasteiger partial charge in [0.15, 0.2) is 0 Å². The van der Waals surface area contributed by atoms with Gasteiger partial charge in [-0.3, -0.25) is 4.90 Å². The van der Waals surface area contributed by atoms with Crippen molar-refractivity contribution in [3.05, 3.63) is 28.8 Å². The molecule has 1 aromatic carbocycles. The number of hydrogen-bond acceptors (Lipinski definition) is 3. The molecule has 1 aromatic rings. The summed E-state index contributed by atoms with van der Waals surface area (Å²) in [6.45, 7) is 6.76. The summed E-state index contributed by atoms with van der Waals surface area (Å²) < 4.78 is 0.